The summed E-state index contributed by atoms with van der Waals surface area (Å²) in [6.07, 6.45) is 5.11. The second-order valence-electron chi connectivity index (χ2n) is 3.02. The molecule has 0 unspecified atom stereocenters. The maximum absolute atomic E-state index is 11.4. The van der Waals surface area contributed by atoms with Gasteiger partial charge in [-0.2, -0.15) is 0 Å². The van der Waals surface area contributed by atoms with Crippen molar-refractivity contribution in [2.45, 2.75) is 0 Å². The number of furan rings is 2. The van der Waals surface area contributed by atoms with Gasteiger partial charge in [0, 0.05) is 0 Å². The van der Waals surface area contributed by atoms with Crippen LogP contribution in [0.15, 0.2) is 57.8 Å². The number of allylic oxidation sites excluding steroid dienone is 2. The fourth-order valence-corrected chi connectivity index (χ4v) is 1.15. The highest BCUT2D eigenvalue weighted by Crippen LogP contribution is 2.05. The number of carbonyl (C=O) groups excluding carboxylic acids is 2. The molecule has 0 saturated carbocycles. The summed E-state index contributed by atoms with van der Waals surface area (Å²) < 4.78 is 9.77. The molecule has 0 aliphatic rings. The Kier molecular flexibility index (Phi) is 2.82. The third-order valence-electron chi connectivity index (χ3n) is 1.91. The molecule has 2 heterocycles. The van der Waals surface area contributed by atoms with Crippen molar-refractivity contribution in [1.82, 2.24) is 0 Å². The molecular weight excluding hydrogens is 208 g/mol. The summed E-state index contributed by atoms with van der Waals surface area (Å²) >= 11 is 0. The Morgan fingerprint density at radius 3 is 1.62 bits per heavy atom. The SMILES string of the molecule is O=C(C=CC(=O)c1ccco1)c1ccco1. The van der Waals surface area contributed by atoms with Crippen LogP contribution in [0.5, 0.6) is 0 Å². The van der Waals surface area contributed by atoms with E-state index in [4.69, 9.17) is 8.83 Å². The molecule has 2 aromatic rings. The van der Waals surface area contributed by atoms with Crippen LogP contribution in [-0.2, 0) is 0 Å². The molecule has 4 nitrogen and oxygen atoms in total. The molecule has 0 amide bonds. The molecule has 0 saturated heterocycles. The van der Waals surface area contributed by atoms with E-state index in [1.165, 1.54) is 24.7 Å². The molecule has 0 fully saturated rings. The highest BCUT2D eigenvalue weighted by molar-refractivity contribution is 6.09. The predicted octanol–water partition coefficient (Wildman–Crippen LogP) is 2.49. The van der Waals surface area contributed by atoms with Crippen LogP contribution in [0.1, 0.15) is 21.1 Å². The number of hydrogen-bond donors (Lipinski definition) is 0. The van der Waals surface area contributed by atoms with E-state index in [0.717, 1.165) is 12.2 Å². The monoisotopic (exact) mass is 216 g/mol. The zero-order valence-electron chi connectivity index (χ0n) is 8.25. The smallest absolute Gasteiger partial charge is 0.221 e. The van der Waals surface area contributed by atoms with Crippen LogP contribution in [0.4, 0.5) is 0 Å². The van der Waals surface area contributed by atoms with Crippen LogP contribution in [0, 0.1) is 0 Å². The molecule has 0 aromatic carbocycles. The van der Waals surface area contributed by atoms with E-state index in [0.29, 0.717) is 0 Å². The van der Waals surface area contributed by atoms with Crippen LogP contribution in [0.25, 0.3) is 0 Å². The van der Waals surface area contributed by atoms with Gasteiger partial charge in [-0.25, -0.2) is 0 Å². The van der Waals surface area contributed by atoms with Crippen molar-refractivity contribution in [3.8, 4) is 0 Å². The van der Waals surface area contributed by atoms with Gasteiger partial charge in [-0.3, -0.25) is 9.59 Å². The Morgan fingerprint density at radius 2 is 1.31 bits per heavy atom. The summed E-state index contributed by atoms with van der Waals surface area (Å²) in [7, 11) is 0. The van der Waals surface area contributed by atoms with E-state index in [9.17, 15) is 9.59 Å². The molecule has 2 rings (SSSR count). The van der Waals surface area contributed by atoms with Crippen LogP contribution >= 0.6 is 0 Å². The van der Waals surface area contributed by atoms with Crippen molar-refractivity contribution in [1.29, 1.82) is 0 Å². The number of hydrogen-bond acceptors (Lipinski definition) is 4. The molecule has 0 N–H and O–H groups in total. The van der Waals surface area contributed by atoms with Crippen molar-refractivity contribution >= 4 is 11.6 Å². The molecule has 0 radical (unpaired) electrons. The summed E-state index contributed by atoms with van der Waals surface area (Å²) in [4.78, 5) is 22.8. The molecule has 80 valence electrons. The Morgan fingerprint density at radius 1 is 0.875 bits per heavy atom. The Balaban J connectivity index is 2.05. The van der Waals surface area contributed by atoms with Gasteiger partial charge in [0.05, 0.1) is 12.5 Å². The molecule has 0 bridgehead atoms. The first-order chi connectivity index (χ1) is 7.77. The van der Waals surface area contributed by atoms with Crippen molar-refractivity contribution in [3.05, 3.63) is 60.5 Å². The van der Waals surface area contributed by atoms with Gasteiger partial charge in [-0.15, -0.1) is 0 Å². The minimum Gasteiger partial charge on any atom is -0.461 e. The molecule has 0 spiro atoms. The highest BCUT2D eigenvalue weighted by atomic mass is 16.3. The van der Waals surface area contributed by atoms with Gasteiger partial charge >= 0.3 is 0 Å². The van der Waals surface area contributed by atoms with Gasteiger partial charge in [0.1, 0.15) is 0 Å². The van der Waals surface area contributed by atoms with Crippen LogP contribution < -0.4 is 0 Å². The summed E-state index contributed by atoms with van der Waals surface area (Å²) in [6.45, 7) is 0. The first-order valence-electron chi connectivity index (χ1n) is 4.61. The Labute approximate surface area is 91.2 Å². The fourth-order valence-electron chi connectivity index (χ4n) is 1.15. The molecule has 0 aliphatic carbocycles. The lowest BCUT2D eigenvalue weighted by Crippen LogP contribution is -1.95. The van der Waals surface area contributed by atoms with Crippen molar-refractivity contribution in [2.75, 3.05) is 0 Å². The minimum absolute atomic E-state index is 0.198. The molecule has 0 aliphatic heterocycles. The van der Waals surface area contributed by atoms with Crippen LogP contribution in [0.2, 0.25) is 0 Å². The Bertz CT molecular complexity index is 455. The lowest BCUT2D eigenvalue weighted by atomic mass is 10.2. The first kappa shape index (κ1) is 10.2. The van der Waals surface area contributed by atoms with Gasteiger partial charge in [0.15, 0.2) is 11.5 Å². The maximum atomic E-state index is 11.4. The van der Waals surface area contributed by atoms with Crippen molar-refractivity contribution in [2.24, 2.45) is 0 Å². The number of carbonyl (C=O) groups is 2. The average Bonchev–Trinajstić information content (AvgIpc) is 2.95. The molecule has 2 aromatic heterocycles. The van der Waals surface area contributed by atoms with E-state index >= 15 is 0 Å². The van der Waals surface area contributed by atoms with E-state index in [-0.39, 0.29) is 23.1 Å². The van der Waals surface area contributed by atoms with E-state index in [1.54, 1.807) is 12.1 Å². The van der Waals surface area contributed by atoms with Gasteiger partial charge in [0.2, 0.25) is 11.6 Å². The topological polar surface area (TPSA) is 60.4 Å². The third kappa shape index (κ3) is 2.17. The van der Waals surface area contributed by atoms with E-state index < -0.39 is 0 Å². The second-order valence-corrected chi connectivity index (χ2v) is 3.02. The summed E-state index contributed by atoms with van der Waals surface area (Å²) in [6, 6.07) is 6.28. The average molecular weight is 216 g/mol. The minimum atomic E-state index is -0.357. The quantitative estimate of drug-likeness (QED) is 0.581. The summed E-state index contributed by atoms with van der Waals surface area (Å²) in [5.41, 5.74) is 0. The van der Waals surface area contributed by atoms with E-state index in [2.05, 4.69) is 0 Å². The third-order valence-corrected chi connectivity index (χ3v) is 1.91. The molecular formula is C12H8O4. The van der Waals surface area contributed by atoms with E-state index in [1.807, 2.05) is 0 Å². The summed E-state index contributed by atoms with van der Waals surface area (Å²) in [5, 5.41) is 0. The molecule has 16 heavy (non-hydrogen) atoms. The zero-order valence-corrected chi connectivity index (χ0v) is 8.25. The van der Waals surface area contributed by atoms with Crippen molar-refractivity contribution in [3.63, 3.8) is 0 Å². The van der Waals surface area contributed by atoms with Crippen LogP contribution in [-0.4, -0.2) is 11.6 Å². The zero-order chi connectivity index (χ0) is 11.4. The number of ketones is 2. The molecule has 4 heteroatoms. The fraction of sp³-hybridized carbons (Fsp3) is 0. The van der Waals surface area contributed by atoms with Crippen LogP contribution in [0.3, 0.4) is 0 Å². The first-order valence-corrected chi connectivity index (χ1v) is 4.61. The second kappa shape index (κ2) is 4.44. The lowest BCUT2D eigenvalue weighted by Gasteiger charge is -1.88. The standard InChI is InChI=1S/C12H8O4/c13-9(11-3-1-7-15-11)5-6-10(14)12-4-2-8-16-12/h1-8H. The lowest BCUT2D eigenvalue weighted by molar-refractivity contribution is 0.0993. The normalized spacial score (nSPS) is 10.8. The Hall–Kier alpha value is -2.36. The highest BCUT2D eigenvalue weighted by Gasteiger charge is 2.07. The number of rotatable bonds is 4. The van der Waals surface area contributed by atoms with Gasteiger partial charge in [-0.05, 0) is 36.4 Å². The molecule has 0 atom stereocenters. The largest absolute Gasteiger partial charge is 0.461 e. The predicted molar refractivity (Wildman–Crippen MR) is 55.2 cm³/mol. The van der Waals surface area contributed by atoms with Crippen molar-refractivity contribution < 1.29 is 18.4 Å². The summed E-state index contributed by atoms with van der Waals surface area (Å²) in [5.74, 6) is -0.318. The van der Waals surface area contributed by atoms with Gasteiger partial charge in [-0.1, -0.05) is 0 Å². The van der Waals surface area contributed by atoms with Gasteiger partial charge in [0.25, 0.3) is 0 Å². The van der Waals surface area contributed by atoms with Gasteiger partial charge < -0.3 is 8.83 Å². The maximum Gasteiger partial charge on any atom is 0.221 e.